The van der Waals surface area contributed by atoms with Gasteiger partial charge in [-0.05, 0) is 148 Å². The van der Waals surface area contributed by atoms with Crippen molar-refractivity contribution >= 4 is 90.9 Å². The third kappa shape index (κ3) is 9.12. The third-order valence-electron chi connectivity index (χ3n) is 12.3. The number of aromatic nitrogens is 4. The molecule has 2 aliphatic heterocycles. The van der Waals surface area contributed by atoms with Crippen LogP contribution in [0.5, 0.6) is 0 Å². The Kier molecular flexibility index (Phi) is 13.9. The highest BCUT2D eigenvalue weighted by molar-refractivity contribution is 7.15. The molecule has 0 aliphatic carbocycles. The van der Waals surface area contributed by atoms with Gasteiger partial charge in [0.05, 0.1) is 62.2 Å². The molecule has 0 amide bonds. The molecule has 0 radical (unpaired) electrons. The van der Waals surface area contributed by atoms with Gasteiger partial charge in [-0.2, -0.15) is 0 Å². The van der Waals surface area contributed by atoms with Crippen LogP contribution >= 0.6 is 22.7 Å². The van der Waals surface area contributed by atoms with E-state index in [0.29, 0.717) is 37.1 Å². The number of methoxy groups -OCH3 is 4. The van der Waals surface area contributed by atoms with Crippen molar-refractivity contribution in [3.05, 3.63) is 91.2 Å². The maximum absolute atomic E-state index is 12.7. The van der Waals surface area contributed by atoms with E-state index in [1.807, 2.05) is 19.9 Å². The summed E-state index contributed by atoms with van der Waals surface area (Å²) in [6.07, 6.45) is 2.15. The minimum absolute atomic E-state index is 0.144. The maximum Gasteiger partial charge on any atom is 0.305 e. The first-order valence-corrected chi connectivity index (χ1v) is 22.9. The molecule has 5 aromatic rings. The SMILES string of the molecule is COC(=O)CCC1=C(C)c2nc1cc1nc(c(-c3ccc(C)s3)c3[nH]c(cc4[nH]c(c(C)c4CCC(=O)OC)c2-c2ccc(C)s2)c(CCC(=O)OC)c3C)C(C)=C1CCC(=O)OC. The number of aromatic amines is 2. The lowest BCUT2D eigenvalue weighted by Crippen LogP contribution is -2.02. The lowest BCUT2D eigenvalue weighted by molar-refractivity contribution is -0.141. The van der Waals surface area contributed by atoms with Crippen LogP contribution < -0.4 is 0 Å². The molecule has 7 rings (SSSR count). The summed E-state index contributed by atoms with van der Waals surface area (Å²) >= 11 is 3.31. The van der Waals surface area contributed by atoms with Gasteiger partial charge in [0.2, 0.25) is 0 Å². The molecule has 7 heterocycles. The molecule has 0 fully saturated rings. The van der Waals surface area contributed by atoms with E-state index in [1.165, 1.54) is 28.4 Å². The Balaban J connectivity index is 1.73. The van der Waals surface area contributed by atoms with Crippen LogP contribution in [0.2, 0.25) is 0 Å². The summed E-state index contributed by atoms with van der Waals surface area (Å²) in [5.74, 6) is -1.31. The van der Waals surface area contributed by atoms with Crippen molar-refractivity contribution in [1.29, 1.82) is 0 Å². The van der Waals surface area contributed by atoms with Gasteiger partial charge in [0.1, 0.15) is 0 Å². The molecule has 0 spiro atoms. The zero-order valence-corrected chi connectivity index (χ0v) is 39.7. The van der Waals surface area contributed by atoms with Gasteiger partial charge in [0.25, 0.3) is 0 Å². The van der Waals surface area contributed by atoms with Crippen molar-refractivity contribution in [3.63, 3.8) is 0 Å². The average Bonchev–Trinajstić information content (AvgIpc) is 4.14. The standard InChI is InChI=1S/C50H54N4O8S2/c1-25-11-17-39(63-25)45-47-27(3)31(13-19-41(55)59-7)35(51-47)23-37-33(15-21-43(57)61-9)29(5)49(53-37)46(40-18-12-26(2)64-40)50-30(6)34(16-22-44(58)62-10)38(54-50)24-36-32(14-20-42(56)60-8)28(4)48(45)52-36/h11-12,17-18,23-24,51,53H,13-16,19-22H2,1-10H3. The molecule has 0 saturated carbocycles. The lowest BCUT2D eigenvalue weighted by Gasteiger charge is -2.08. The van der Waals surface area contributed by atoms with Crippen LogP contribution in [0, 0.1) is 27.7 Å². The number of esters is 4. The molecule has 14 heteroatoms. The van der Waals surface area contributed by atoms with E-state index < -0.39 is 0 Å². The zero-order valence-electron chi connectivity index (χ0n) is 38.1. The number of allylic oxidation sites excluding steroid dienone is 4. The molecule has 12 nitrogen and oxygen atoms in total. The molecule has 2 aliphatic rings. The Bertz CT molecular complexity index is 2750. The molecule has 0 saturated heterocycles. The fraction of sp³-hybridized carbons (Fsp3) is 0.360. The Morgan fingerprint density at radius 2 is 0.875 bits per heavy atom. The highest BCUT2D eigenvalue weighted by Gasteiger charge is 2.28. The highest BCUT2D eigenvalue weighted by Crippen LogP contribution is 2.46. The smallest absolute Gasteiger partial charge is 0.305 e. The van der Waals surface area contributed by atoms with E-state index in [9.17, 15) is 19.2 Å². The number of hydrogen-bond donors (Lipinski definition) is 2. The number of ether oxygens (including phenoxy) is 4. The molecule has 64 heavy (non-hydrogen) atoms. The van der Waals surface area contributed by atoms with Crippen molar-refractivity contribution < 1.29 is 38.1 Å². The molecule has 334 valence electrons. The number of nitrogens with one attached hydrogen (secondary N) is 2. The number of carbonyl (C=O) groups is 4. The summed E-state index contributed by atoms with van der Waals surface area (Å²) in [6.45, 7) is 12.3. The average molecular weight is 903 g/mol. The molecule has 5 aromatic heterocycles. The van der Waals surface area contributed by atoms with Crippen LogP contribution in [-0.4, -0.2) is 72.3 Å². The molecular formula is C50H54N4O8S2. The van der Waals surface area contributed by atoms with Gasteiger partial charge in [0.15, 0.2) is 0 Å². The molecule has 0 aromatic carbocycles. The van der Waals surface area contributed by atoms with Gasteiger partial charge >= 0.3 is 23.9 Å². The summed E-state index contributed by atoms with van der Waals surface area (Å²) < 4.78 is 20.5. The van der Waals surface area contributed by atoms with Gasteiger partial charge in [-0.25, -0.2) is 9.97 Å². The fourth-order valence-electron chi connectivity index (χ4n) is 8.72. The number of rotatable bonds is 14. The van der Waals surface area contributed by atoms with Crippen LogP contribution in [0.4, 0.5) is 0 Å². The summed E-state index contributed by atoms with van der Waals surface area (Å²) in [5, 5.41) is 0. The van der Waals surface area contributed by atoms with Gasteiger partial charge in [-0.3, -0.25) is 19.2 Å². The van der Waals surface area contributed by atoms with Crippen molar-refractivity contribution in [2.75, 3.05) is 28.4 Å². The van der Waals surface area contributed by atoms with Gasteiger partial charge < -0.3 is 28.9 Å². The Morgan fingerprint density at radius 3 is 1.20 bits per heavy atom. The second-order valence-corrected chi connectivity index (χ2v) is 18.7. The van der Waals surface area contributed by atoms with E-state index >= 15 is 0 Å². The summed E-state index contributed by atoms with van der Waals surface area (Å²) in [5.41, 5.74) is 15.2. The minimum Gasteiger partial charge on any atom is -0.469 e. The van der Waals surface area contributed by atoms with Crippen LogP contribution in [-0.2, 0) is 51.0 Å². The van der Waals surface area contributed by atoms with Crippen molar-refractivity contribution in [2.24, 2.45) is 0 Å². The zero-order chi connectivity index (χ0) is 46.0. The van der Waals surface area contributed by atoms with Crippen molar-refractivity contribution in [2.45, 2.75) is 92.9 Å². The Labute approximate surface area is 380 Å². The molecular weight excluding hydrogens is 849 g/mol. The normalized spacial score (nSPS) is 12.5. The lowest BCUT2D eigenvalue weighted by atomic mass is 9.96. The van der Waals surface area contributed by atoms with E-state index in [-0.39, 0.29) is 49.6 Å². The van der Waals surface area contributed by atoms with Crippen LogP contribution in [0.1, 0.15) is 107 Å². The quantitative estimate of drug-likeness (QED) is 0.0810. The molecule has 0 unspecified atom stereocenters. The van der Waals surface area contributed by atoms with Crippen molar-refractivity contribution in [3.8, 4) is 20.9 Å². The minimum atomic E-state index is -0.333. The van der Waals surface area contributed by atoms with Crippen LogP contribution in [0.25, 0.3) is 65.2 Å². The van der Waals surface area contributed by atoms with Crippen molar-refractivity contribution in [1.82, 2.24) is 19.9 Å². The number of carbonyl (C=O) groups excluding carboxylic acids is 4. The van der Waals surface area contributed by atoms with Gasteiger partial charge in [-0.15, -0.1) is 22.7 Å². The molecule has 2 N–H and O–H groups in total. The number of thiophene rings is 2. The van der Waals surface area contributed by atoms with E-state index in [4.69, 9.17) is 28.9 Å². The molecule has 8 bridgehead atoms. The molecule has 0 atom stereocenters. The summed E-state index contributed by atoms with van der Waals surface area (Å²) in [7, 11) is 5.57. The number of H-pyrrole nitrogens is 2. The third-order valence-corrected chi connectivity index (χ3v) is 14.3. The predicted octanol–water partition coefficient (Wildman–Crippen LogP) is 11.0. The summed E-state index contributed by atoms with van der Waals surface area (Å²) in [6, 6.07) is 12.5. The fourth-order valence-corrected chi connectivity index (χ4v) is 10.6. The number of aryl methyl sites for hydroxylation is 6. The maximum atomic E-state index is 12.7. The topological polar surface area (TPSA) is 163 Å². The first-order chi connectivity index (χ1) is 30.7. The number of hydrogen-bond acceptors (Lipinski definition) is 12. The van der Waals surface area contributed by atoms with Gasteiger partial charge in [0, 0.05) is 67.4 Å². The van der Waals surface area contributed by atoms with Gasteiger partial charge in [-0.1, -0.05) is 0 Å². The Hall–Kier alpha value is -6.12. The second-order valence-electron chi connectivity index (χ2n) is 16.1. The largest absolute Gasteiger partial charge is 0.469 e. The predicted molar refractivity (Wildman–Crippen MR) is 255 cm³/mol. The highest BCUT2D eigenvalue weighted by atomic mass is 32.1. The Morgan fingerprint density at radius 1 is 0.516 bits per heavy atom. The summed E-state index contributed by atoms with van der Waals surface area (Å²) in [4.78, 5) is 73.8. The van der Waals surface area contributed by atoms with E-state index in [1.54, 1.807) is 22.7 Å². The van der Waals surface area contributed by atoms with Crippen LogP contribution in [0.15, 0.2) is 36.4 Å². The van der Waals surface area contributed by atoms with E-state index in [0.717, 1.165) is 109 Å². The number of nitrogens with zero attached hydrogens (tertiary/aromatic N) is 2. The second kappa shape index (κ2) is 19.3. The number of fused-ring (bicyclic) bond motifs is 8. The first kappa shape index (κ1) is 45.9. The monoisotopic (exact) mass is 902 g/mol. The van der Waals surface area contributed by atoms with Crippen LogP contribution in [0.3, 0.4) is 0 Å². The van der Waals surface area contributed by atoms with E-state index in [2.05, 4.69) is 68.0 Å². The first-order valence-electron chi connectivity index (χ1n) is 21.3.